The fourth-order valence-electron chi connectivity index (χ4n) is 1.79. The fraction of sp³-hybridized carbons (Fsp3) is 0.133. The van der Waals surface area contributed by atoms with Crippen molar-refractivity contribution in [2.75, 3.05) is 0 Å². The van der Waals surface area contributed by atoms with Gasteiger partial charge in [-0.05, 0) is 30.7 Å². The molecule has 0 aliphatic rings. The largest absolute Gasteiger partial charge is 0.475 e. The summed E-state index contributed by atoms with van der Waals surface area (Å²) >= 11 is 0. The second-order valence-corrected chi connectivity index (χ2v) is 4.19. The molecule has 2 aromatic carbocycles. The molecule has 0 spiro atoms. The Morgan fingerprint density at radius 2 is 1.85 bits per heavy atom. The van der Waals surface area contributed by atoms with E-state index in [0.29, 0.717) is 5.75 Å². The van der Waals surface area contributed by atoms with E-state index in [1.165, 1.54) is 12.1 Å². The monoisotopic (exact) mass is 268 g/mol. The molecule has 0 saturated heterocycles. The number of nitrogens with zero attached hydrogens (tertiary/aromatic N) is 2. The molecule has 0 bridgehead atoms. The minimum atomic E-state index is -0.561. The van der Waals surface area contributed by atoms with Crippen molar-refractivity contribution in [3.05, 3.63) is 58.6 Å². The van der Waals surface area contributed by atoms with Gasteiger partial charge in [0.15, 0.2) is 6.10 Å². The van der Waals surface area contributed by atoms with Crippen molar-refractivity contribution in [3.63, 3.8) is 0 Å². The molecular formula is C15H12N2O3. The highest BCUT2D eigenvalue weighted by atomic mass is 16.6. The predicted octanol–water partition coefficient (Wildman–Crippen LogP) is 3.55. The van der Waals surface area contributed by atoms with Gasteiger partial charge in [0.1, 0.15) is 11.8 Å². The van der Waals surface area contributed by atoms with Gasteiger partial charge in [0.25, 0.3) is 5.69 Å². The summed E-state index contributed by atoms with van der Waals surface area (Å²) in [5, 5.41) is 19.4. The molecule has 0 fully saturated rings. The third kappa shape index (κ3) is 2.93. The second-order valence-electron chi connectivity index (χ2n) is 4.19. The van der Waals surface area contributed by atoms with Crippen molar-refractivity contribution in [2.45, 2.75) is 13.0 Å². The maximum Gasteiger partial charge on any atom is 0.269 e. The molecule has 1 atom stereocenters. The van der Waals surface area contributed by atoms with Gasteiger partial charge in [-0.15, -0.1) is 0 Å². The maximum absolute atomic E-state index is 10.6. The van der Waals surface area contributed by atoms with E-state index < -0.39 is 11.0 Å². The third-order valence-corrected chi connectivity index (χ3v) is 2.76. The summed E-state index contributed by atoms with van der Waals surface area (Å²) in [6, 6.07) is 15.5. The fourth-order valence-corrected chi connectivity index (χ4v) is 1.79. The molecule has 5 heteroatoms. The van der Waals surface area contributed by atoms with Crippen molar-refractivity contribution in [2.24, 2.45) is 0 Å². The zero-order chi connectivity index (χ0) is 14.5. The summed E-state index contributed by atoms with van der Waals surface area (Å²) in [5.41, 5.74) is 1.64. The minimum Gasteiger partial charge on any atom is -0.475 e. The summed E-state index contributed by atoms with van der Waals surface area (Å²) in [6.07, 6.45) is -0.561. The van der Waals surface area contributed by atoms with Crippen LogP contribution in [0.25, 0.3) is 11.1 Å². The predicted molar refractivity (Wildman–Crippen MR) is 74.2 cm³/mol. The Morgan fingerprint density at radius 1 is 1.20 bits per heavy atom. The lowest BCUT2D eigenvalue weighted by Gasteiger charge is -2.12. The van der Waals surface area contributed by atoms with Crippen molar-refractivity contribution in [1.82, 2.24) is 0 Å². The van der Waals surface area contributed by atoms with Crippen LogP contribution in [-0.4, -0.2) is 11.0 Å². The Kier molecular flexibility index (Phi) is 3.96. The maximum atomic E-state index is 10.6. The lowest BCUT2D eigenvalue weighted by atomic mass is 10.0. The number of hydrogen-bond donors (Lipinski definition) is 0. The van der Waals surface area contributed by atoms with Crippen LogP contribution in [0.5, 0.6) is 5.75 Å². The molecule has 0 heterocycles. The Morgan fingerprint density at radius 3 is 2.45 bits per heavy atom. The number of benzene rings is 2. The first-order valence-electron chi connectivity index (χ1n) is 6.02. The molecule has 2 aromatic rings. The summed E-state index contributed by atoms with van der Waals surface area (Å²) in [5.74, 6) is 0.579. The average Bonchev–Trinajstić information content (AvgIpc) is 2.48. The lowest BCUT2D eigenvalue weighted by Crippen LogP contribution is -2.08. The zero-order valence-corrected chi connectivity index (χ0v) is 10.8. The van der Waals surface area contributed by atoms with Crippen LogP contribution in [0.3, 0.4) is 0 Å². The van der Waals surface area contributed by atoms with Gasteiger partial charge in [-0.3, -0.25) is 10.1 Å². The van der Waals surface area contributed by atoms with E-state index in [4.69, 9.17) is 10.00 Å². The number of para-hydroxylation sites is 1. The number of nitro benzene ring substituents is 1. The first kappa shape index (κ1) is 13.6. The number of nitro groups is 1. The van der Waals surface area contributed by atoms with E-state index in [1.54, 1.807) is 25.1 Å². The van der Waals surface area contributed by atoms with E-state index in [2.05, 4.69) is 0 Å². The topological polar surface area (TPSA) is 76.2 Å². The van der Waals surface area contributed by atoms with Gasteiger partial charge in [-0.1, -0.05) is 18.2 Å². The van der Waals surface area contributed by atoms with Crippen molar-refractivity contribution in [3.8, 4) is 22.9 Å². The van der Waals surface area contributed by atoms with E-state index in [0.717, 1.165) is 11.1 Å². The van der Waals surface area contributed by atoms with Crippen LogP contribution in [0.2, 0.25) is 0 Å². The molecule has 0 N–H and O–H groups in total. The normalized spacial score (nSPS) is 11.4. The van der Waals surface area contributed by atoms with E-state index in [9.17, 15) is 10.1 Å². The van der Waals surface area contributed by atoms with Crippen LogP contribution in [0.15, 0.2) is 48.5 Å². The molecule has 0 amide bonds. The van der Waals surface area contributed by atoms with Gasteiger partial charge in [0, 0.05) is 17.7 Å². The highest BCUT2D eigenvalue weighted by molar-refractivity contribution is 5.71. The Balaban J connectivity index is 2.37. The van der Waals surface area contributed by atoms with Crippen LogP contribution in [0.4, 0.5) is 5.69 Å². The van der Waals surface area contributed by atoms with Gasteiger partial charge in [0.05, 0.1) is 4.92 Å². The summed E-state index contributed by atoms with van der Waals surface area (Å²) in [7, 11) is 0. The smallest absolute Gasteiger partial charge is 0.269 e. The van der Waals surface area contributed by atoms with Crippen LogP contribution in [-0.2, 0) is 0 Å². The van der Waals surface area contributed by atoms with Crippen LogP contribution >= 0.6 is 0 Å². The standard InChI is InChI=1S/C15H12N2O3/c1-11(10-16)20-15-5-3-2-4-14(15)12-6-8-13(9-7-12)17(18)19/h2-9,11H,1H3/t11-/m0/s1. The third-order valence-electron chi connectivity index (χ3n) is 2.76. The highest BCUT2D eigenvalue weighted by Crippen LogP contribution is 2.31. The molecule has 5 nitrogen and oxygen atoms in total. The van der Waals surface area contributed by atoms with Gasteiger partial charge >= 0.3 is 0 Å². The average molecular weight is 268 g/mol. The van der Waals surface area contributed by atoms with Crippen molar-refractivity contribution < 1.29 is 9.66 Å². The number of rotatable bonds is 4. The minimum absolute atomic E-state index is 0.0394. The second kappa shape index (κ2) is 5.85. The Bertz CT molecular complexity index is 660. The molecular weight excluding hydrogens is 256 g/mol. The molecule has 0 radical (unpaired) electrons. The van der Waals surface area contributed by atoms with Gasteiger partial charge in [-0.2, -0.15) is 5.26 Å². The van der Waals surface area contributed by atoms with E-state index >= 15 is 0 Å². The SMILES string of the molecule is C[C@@H](C#N)Oc1ccccc1-c1ccc([N+](=O)[O-])cc1. The van der Waals surface area contributed by atoms with Gasteiger partial charge in [-0.25, -0.2) is 0 Å². The molecule has 20 heavy (non-hydrogen) atoms. The molecule has 0 aromatic heterocycles. The number of hydrogen-bond acceptors (Lipinski definition) is 4. The summed E-state index contributed by atoms with van der Waals surface area (Å²) < 4.78 is 5.53. The van der Waals surface area contributed by atoms with Gasteiger partial charge < -0.3 is 4.74 Å². The first-order valence-corrected chi connectivity index (χ1v) is 6.02. The zero-order valence-electron chi connectivity index (χ0n) is 10.8. The number of ether oxygens (including phenoxy) is 1. The molecule has 0 saturated carbocycles. The van der Waals surface area contributed by atoms with E-state index in [-0.39, 0.29) is 5.69 Å². The Hall–Kier alpha value is -2.87. The lowest BCUT2D eigenvalue weighted by molar-refractivity contribution is -0.384. The molecule has 0 aliphatic heterocycles. The Labute approximate surface area is 116 Å². The number of nitriles is 1. The van der Waals surface area contributed by atoms with Crippen LogP contribution in [0, 0.1) is 21.4 Å². The van der Waals surface area contributed by atoms with E-state index in [1.807, 2.05) is 24.3 Å². The highest BCUT2D eigenvalue weighted by Gasteiger charge is 2.10. The van der Waals surface area contributed by atoms with Crippen molar-refractivity contribution in [1.29, 1.82) is 5.26 Å². The molecule has 0 unspecified atom stereocenters. The summed E-state index contributed by atoms with van der Waals surface area (Å²) in [4.78, 5) is 10.2. The van der Waals surface area contributed by atoms with Crippen molar-refractivity contribution >= 4 is 5.69 Å². The first-order chi connectivity index (χ1) is 9.61. The number of non-ortho nitro benzene ring substituents is 1. The molecule has 100 valence electrons. The molecule has 0 aliphatic carbocycles. The quantitative estimate of drug-likeness (QED) is 0.627. The summed E-state index contributed by atoms with van der Waals surface area (Å²) in [6.45, 7) is 1.66. The molecule has 2 rings (SSSR count). The van der Waals surface area contributed by atoms with Crippen LogP contribution < -0.4 is 4.74 Å². The van der Waals surface area contributed by atoms with Gasteiger partial charge in [0.2, 0.25) is 0 Å². The van der Waals surface area contributed by atoms with Crippen LogP contribution in [0.1, 0.15) is 6.92 Å².